The molecular formula is C20H19Cl2N5O2. The molecule has 9 heteroatoms. The largest absolute Gasteiger partial charge is 0.344 e. The van der Waals surface area contributed by atoms with E-state index in [1.165, 1.54) is 0 Å². The van der Waals surface area contributed by atoms with Crippen molar-refractivity contribution in [2.45, 2.75) is 26.9 Å². The molecule has 0 unspecified atom stereocenters. The number of aromatic nitrogens is 3. The summed E-state index contributed by atoms with van der Waals surface area (Å²) < 4.78 is 1.72. The highest BCUT2D eigenvalue weighted by Crippen LogP contribution is 2.25. The van der Waals surface area contributed by atoms with Crippen LogP contribution in [0.3, 0.4) is 0 Å². The monoisotopic (exact) mass is 431 g/mol. The van der Waals surface area contributed by atoms with E-state index in [0.717, 1.165) is 11.1 Å². The summed E-state index contributed by atoms with van der Waals surface area (Å²) in [5, 5.41) is 10.8. The average molecular weight is 432 g/mol. The molecule has 0 spiro atoms. The molecule has 0 saturated carbocycles. The maximum absolute atomic E-state index is 12.3. The van der Waals surface area contributed by atoms with Gasteiger partial charge in [0.25, 0.3) is 0 Å². The Labute approximate surface area is 178 Å². The maximum Gasteiger partial charge on any atom is 0.313 e. The van der Waals surface area contributed by atoms with Gasteiger partial charge in [-0.3, -0.25) is 19.3 Å². The second-order valence-corrected chi connectivity index (χ2v) is 7.28. The Kier molecular flexibility index (Phi) is 6.51. The number of rotatable bonds is 5. The molecule has 2 heterocycles. The van der Waals surface area contributed by atoms with Gasteiger partial charge in [0.15, 0.2) is 0 Å². The highest BCUT2D eigenvalue weighted by atomic mass is 35.5. The fraction of sp³-hybridized carbons (Fsp3) is 0.200. The molecular weight excluding hydrogens is 413 g/mol. The van der Waals surface area contributed by atoms with E-state index >= 15 is 0 Å². The van der Waals surface area contributed by atoms with Crippen LogP contribution in [0.25, 0.3) is 0 Å². The molecule has 0 saturated heterocycles. The Bertz CT molecular complexity index is 1050. The third-order valence-electron chi connectivity index (χ3n) is 4.36. The third-order valence-corrected chi connectivity index (χ3v) is 4.95. The van der Waals surface area contributed by atoms with Crippen LogP contribution in [0.2, 0.25) is 10.0 Å². The Morgan fingerprint density at radius 2 is 1.79 bits per heavy atom. The lowest BCUT2D eigenvalue weighted by Crippen LogP contribution is -2.35. The van der Waals surface area contributed by atoms with Crippen molar-refractivity contribution in [1.29, 1.82) is 0 Å². The van der Waals surface area contributed by atoms with Crippen LogP contribution >= 0.6 is 23.2 Å². The van der Waals surface area contributed by atoms with Gasteiger partial charge >= 0.3 is 11.8 Å². The van der Waals surface area contributed by atoms with Gasteiger partial charge in [0, 0.05) is 29.0 Å². The molecule has 29 heavy (non-hydrogen) atoms. The molecule has 0 aliphatic heterocycles. The number of amides is 2. The number of aryl methyl sites for hydroxylation is 1. The number of nitrogens with zero attached hydrogens (tertiary/aromatic N) is 3. The van der Waals surface area contributed by atoms with Gasteiger partial charge < -0.3 is 10.6 Å². The molecule has 0 radical (unpaired) electrons. The lowest BCUT2D eigenvalue weighted by molar-refractivity contribution is -0.136. The summed E-state index contributed by atoms with van der Waals surface area (Å²) in [6.45, 7) is 4.22. The summed E-state index contributed by atoms with van der Waals surface area (Å²) in [5.41, 5.74) is 3.50. The SMILES string of the molecule is Cc1nn(Cc2ccc(Cl)cc2Cl)c(C)c1NC(=O)C(=O)NCc1ccncc1. The summed E-state index contributed by atoms with van der Waals surface area (Å²) >= 11 is 12.2. The topological polar surface area (TPSA) is 88.9 Å². The predicted octanol–water partition coefficient (Wildman–Crippen LogP) is 3.50. The van der Waals surface area contributed by atoms with E-state index in [9.17, 15) is 9.59 Å². The van der Waals surface area contributed by atoms with Crippen LogP contribution in [0.4, 0.5) is 5.69 Å². The first-order valence-electron chi connectivity index (χ1n) is 8.81. The number of pyridine rings is 1. The van der Waals surface area contributed by atoms with Crippen molar-refractivity contribution >= 4 is 40.7 Å². The third kappa shape index (κ3) is 5.13. The van der Waals surface area contributed by atoms with Crippen molar-refractivity contribution in [1.82, 2.24) is 20.1 Å². The molecule has 3 rings (SSSR count). The lowest BCUT2D eigenvalue weighted by Gasteiger charge is -2.09. The van der Waals surface area contributed by atoms with Gasteiger partial charge in [-0.05, 0) is 49.2 Å². The normalized spacial score (nSPS) is 10.6. The minimum Gasteiger partial charge on any atom is -0.344 e. The standard InChI is InChI=1S/C20H19Cl2N5O2/c1-12-18(25-20(29)19(28)24-10-14-5-7-23-8-6-14)13(2)27(26-12)11-15-3-4-16(21)9-17(15)22/h3-9H,10-11H2,1-2H3,(H,24,28)(H,25,29). The van der Waals surface area contributed by atoms with Crippen LogP contribution in [-0.4, -0.2) is 26.6 Å². The highest BCUT2D eigenvalue weighted by molar-refractivity contribution is 6.39. The molecule has 2 N–H and O–H groups in total. The summed E-state index contributed by atoms with van der Waals surface area (Å²) in [4.78, 5) is 28.3. The number of anilines is 1. The summed E-state index contributed by atoms with van der Waals surface area (Å²) in [5.74, 6) is -1.48. The molecule has 0 bridgehead atoms. The zero-order chi connectivity index (χ0) is 21.0. The Hall–Kier alpha value is -2.90. The van der Waals surface area contributed by atoms with Crippen molar-refractivity contribution in [2.75, 3.05) is 5.32 Å². The van der Waals surface area contributed by atoms with Crippen molar-refractivity contribution in [3.63, 3.8) is 0 Å². The Morgan fingerprint density at radius 3 is 2.48 bits per heavy atom. The molecule has 1 aromatic carbocycles. The quantitative estimate of drug-likeness (QED) is 0.604. The molecule has 0 aliphatic rings. The first-order chi connectivity index (χ1) is 13.8. The van der Waals surface area contributed by atoms with Gasteiger partial charge in [-0.25, -0.2) is 0 Å². The van der Waals surface area contributed by atoms with E-state index in [2.05, 4.69) is 20.7 Å². The van der Waals surface area contributed by atoms with Gasteiger partial charge in [0.2, 0.25) is 0 Å². The van der Waals surface area contributed by atoms with Gasteiger partial charge in [0.1, 0.15) is 0 Å². The summed E-state index contributed by atoms with van der Waals surface area (Å²) in [7, 11) is 0. The van der Waals surface area contributed by atoms with Crippen LogP contribution < -0.4 is 10.6 Å². The fourth-order valence-electron chi connectivity index (χ4n) is 2.78. The van der Waals surface area contributed by atoms with Crippen LogP contribution in [0.5, 0.6) is 0 Å². The predicted molar refractivity (Wildman–Crippen MR) is 112 cm³/mol. The minimum atomic E-state index is -0.755. The molecule has 3 aromatic rings. The first-order valence-corrected chi connectivity index (χ1v) is 9.56. The number of hydrogen-bond acceptors (Lipinski definition) is 4. The molecule has 2 aromatic heterocycles. The number of benzene rings is 1. The van der Waals surface area contributed by atoms with Crippen LogP contribution in [-0.2, 0) is 22.7 Å². The number of carbonyl (C=O) groups is 2. The van der Waals surface area contributed by atoms with Crippen LogP contribution in [0.15, 0.2) is 42.7 Å². The van der Waals surface area contributed by atoms with Gasteiger partial charge in [-0.15, -0.1) is 0 Å². The summed E-state index contributed by atoms with van der Waals surface area (Å²) in [6.07, 6.45) is 3.24. The Morgan fingerprint density at radius 1 is 1.07 bits per heavy atom. The van der Waals surface area contributed by atoms with Gasteiger partial charge in [0.05, 0.1) is 23.6 Å². The van der Waals surface area contributed by atoms with Crippen molar-refractivity contribution in [3.05, 3.63) is 75.3 Å². The van der Waals surface area contributed by atoms with Crippen molar-refractivity contribution in [2.24, 2.45) is 0 Å². The van der Waals surface area contributed by atoms with Gasteiger partial charge in [-0.1, -0.05) is 29.3 Å². The average Bonchev–Trinajstić information content (AvgIpc) is 2.96. The minimum absolute atomic E-state index is 0.237. The number of halogens is 2. The van der Waals surface area contributed by atoms with E-state index in [1.54, 1.807) is 48.3 Å². The van der Waals surface area contributed by atoms with Crippen LogP contribution in [0, 0.1) is 13.8 Å². The number of carbonyl (C=O) groups excluding carboxylic acids is 2. The molecule has 0 atom stereocenters. The molecule has 150 valence electrons. The number of nitrogens with one attached hydrogen (secondary N) is 2. The van der Waals surface area contributed by atoms with Gasteiger partial charge in [-0.2, -0.15) is 5.10 Å². The second kappa shape index (κ2) is 9.07. The Balaban J connectivity index is 1.67. The number of hydrogen-bond donors (Lipinski definition) is 2. The molecule has 7 nitrogen and oxygen atoms in total. The zero-order valence-corrected chi connectivity index (χ0v) is 17.4. The second-order valence-electron chi connectivity index (χ2n) is 6.43. The van der Waals surface area contributed by atoms with Crippen molar-refractivity contribution < 1.29 is 9.59 Å². The van der Waals surface area contributed by atoms with E-state index < -0.39 is 11.8 Å². The highest BCUT2D eigenvalue weighted by Gasteiger charge is 2.19. The maximum atomic E-state index is 12.3. The van der Waals surface area contributed by atoms with E-state index in [4.69, 9.17) is 23.2 Å². The van der Waals surface area contributed by atoms with Crippen molar-refractivity contribution in [3.8, 4) is 0 Å². The van der Waals surface area contributed by atoms with E-state index in [-0.39, 0.29) is 6.54 Å². The molecule has 2 amide bonds. The molecule has 0 fully saturated rings. The van der Waals surface area contributed by atoms with E-state index in [1.807, 2.05) is 13.0 Å². The smallest absolute Gasteiger partial charge is 0.313 e. The van der Waals surface area contributed by atoms with E-state index in [0.29, 0.717) is 33.7 Å². The lowest BCUT2D eigenvalue weighted by atomic mass is 10.2. The zero-order valence-electron chi connectivity index (χ0n) is 15.9. The van der Waals surface area contributed by atoms with Crippen LogP contribution in [0.1, 0.15) is 22.5 Å². The fourth-order valence-corrected chi connectivity index (χ4v) is 3.24. The summed E-state index contributed by atoms with van der Waals surface area (Å²) in [6, 6.07) is 8.77. The first kappa shape index (κ1) is 20.8. The molecule has 0 aliphatic carbocycles.